The number of aryl methyl sites for hydroxylation is 1. The first-order valence-electron chi connectivity index (χ1n) is 5.71. The minimum absolute atomic E-state index is 0.162. The predicted octanol–water partition coefficient (Wildman–Crippen LogP) is 3.01. The number of hydrogen-bond donors (Lipinski definition) is 1. The zero-order valence-corrected chi connectivity index (χ0v) is 11.2. The van der Waals surface area contributed by atoms with Gasteiger partial charge in [-0.1, -0.05) is 6.92 Å². The summed E-state index contributed by atoms with van der Waals surface area (Å²) in [6.45, 7) is 1.92. The molecule has 2 aromatic rings. The highest BCUT2D eigenvalue weighted by Gasteiger charge is 2.16. The average molecular weight is 295 g/mol. The van der Waals surface area contributed by atoms with Crippen LogP contribution in [0.5, 0.6) is 0 Å². The van der Waals surface area contributed by atoms with E-state index in [0.29, 0.717) is 4.88 Å². The quantitative estimate of drug-likeness (QED) is 0.694. The lowest BCUT2D eigenvalue weighted by molar-refractivity contribution is -0.387. The number of nitro benzene ring substituents is 1. The summed E-state index contributed by atoms with van der Waals surface area (Å²) in [5.74, 6) is -1.37. The van der Waals surface area contributed by atoms with Crippen molar-refractivity contribution < 1.29 is 14.1 Å². The van der Waals surface area contributed by atoms with E-state index in [-0.39, 0.29) is 5.69 Å². The summed E-state index contributed by atoms with van der Waals surface area (Å²) in [7, 11) is 0. The van der Waals surface area contributed by atoms with Crippen LogP contribution < -0.4 is 5.32 Å². The Kier molecular flexibility index (Phi) is 4.04. The van der Waals surface area contributed by atoms with Crippen LogP contribution in [0.3, 0.4) is 0 Å². The Labute approximate surface area is 117 Å². The van der Waals surface area contributed by atoms with E-state index in [0.717, 1.165) is 23.6 Å². The third-order valence-corrected chi connectivity index (χ3v) is 3.62. The SMILES string of the molecule is CCc1ncc(C(=O)Nc2ccc(F)c([N+](=O)[O-])c2)s1. The number of rotatable bonds is 4. The molecule has 104 valence electrons. The molecular weight excluding hydrogens is 285 g/mol. The Morgan fingerprint density at radius 3 is 2.90 bits per heavy atom. The molecule has 0 unspecified atom stereocenters. The Bertz CT molecular complexity index is 672. The molecule has 1 amide bonds. The summed E-state index contributed by atoms with van der Waals surface area (Å²) in [5.41, 5.74) is -0.518. The number of anilines is 1. The van der Waals surface area contributed by atoms with Crippen molar-refractivity contribution in [2.24, 2.45) is 0 Å². The van der Waals surface area contributed by atoms with Crippen molar-refractivity contribution >= 4 is 28.6 Å². The van der Waals surface area contributed by atoms with Crippen LogP contribution in [0.2, 0.25) is 0 Å². The number of nitrogens with zero attached hydrogens (tertiary/aromatic N) is 2. The maximum absolute atomic E-state index is 13.2. The third kappa shape index (κ3) is 2.97. The molecule has 0 aliphatic carbocycles. The number of nitro groups is 1. The van der Waals surface area contributed by atoms with Crippen LogP contribution in [0.15, 0.2) is 24.4 Å². The van der Waals surface area contributed by atoms with Gasteiger partial charge < -0.3 is 5.32 Å². The fourth-order valence-corrected chi connectivity index (χ4v) is 2.25. The second-order valence-corrected chi connectivity index (χ2v) is 4.96. The highest BCUT2D eigenvalue weighted by molar-refractivity contribution is 7.13. The van der Waals surface area contributed by atoms with Crippen molar-refractivity contribution in [2.45, 2.75) is 13.3 Å². The van der Waals surface area contributed by atoms with Gasteiger partial charge in [0.05, 0.1) is 16.1 Å². The van der Waals surface area contributed by atoms with Crippen LogP contribution in [0.4, 0.5) is 15.8 Å². The summed E-state index contributed by atoms with van der Waals surface area (Å²) in [5, 5.41) is 13.9. The molecule has 2 rings (SSSR count). The Morgan fingerprint density at radius 1 is 1.55 bits per heavy atom. The highest BCUT2D eigenvalue weighted by atomic mass is 32.1. The topological polar surface area (TPSA) is 85.1 Å². The van der Waals surface area contributed by atoms with E-state index >= 15 is 0 Å². The molecule has 0 bridgehead atoms. The molecule has 8 heteroatoms. The molecule has 0 fully saturated rings. The van der Waals surface area contributed by atoms with Crippen molar-refractivity contribution in [1.29, 1.82) is 0 Å². The van der Waals surface area contributed by atoms with Gasteiger partial charge in [-0.05, 0) is 18.6 Å². The van der Waals surface area contributed by atoms with Crippen molar-refractivity contribution in [1.82, 2.24) is 4.98 Å². The van der Waals surface area contributed by atoms with Gasteiger partial charge >= 0.3 is 5.69 Å². The van der Waals surface area contributed by atoms with Gasteiger partial charge in [0.25, 0.3) is 5.91 Å². The summed E-state index contributed by atoms with van der Waals surface area (Å²) >= 11 is 1.24. The average Bonchev–Trinajstić information content (AvgIpc) is 2.89. The van der Waals surface area contributed by atoms with Gasteiger partial charge in [0.1, 0.15) is 4.88 Å². The number of hydrogen-bond acceptors (Lipinski definition) is 5. The van der Waals surface area contributed by atoms with E-state index in [9.17, 15) is 19.3 Å². The van der Waals surface area contributed by atoms with Gasteiger partial charge in [0.2, 0.25) is 5.82 Å². The molecule has 6 nitrogen and oxygen atoms in total. The molecule has 1 N–H and O–H groups in total. The molecule has 1 aromatic heterocycles. The number of amides is 1. The second-order valence-electron chi connectivity index (χ2n) is 3.85. The number of aromatic nitrogens is 1. The molecule has 20 heavy (non-hydrogen) atoms. The van der Waals surface area contributed by atoms with Crippen molar-refractivity contribution in [3.63, 3.8) is 0 Å². The first-order chi connectivity index (χ1) is 9.51. The molecule has 0 aliphatic rings. The molecule has 0 saturated heterocycles. The maximum atomic E-state index is 13.2. The predicted molar refractivity (Wildman–Crippen MR) is 72.5 cm³/mol. The molecule has 0 saturated carbocycles. The summed E-state index contributed by atoms with van der Waals surface area (Å²) in [6.07, 6.45) is 2.16. The number of nitrogens with one attached hydrogen (secondary N) is 1. The molecule has 0 spiro atoms. The van der Waals surface area contributed by atoms with Crippen LogP contribution in [0.25, 0.3) is 0 Å². The number of benzene rings is 1. The van der Waals surface area contributed by atoms with E-state index in [4.69, 9.17) is 0 Å². The minimum atomic E-state index is -0.945. The first kappa shape index (κ1) is 14.1. The standard InChI is InChI=1S/C12H10FN3O3S/c1-2-11-14-6-10(20-11)12(17)15-7-3-4-8(13)9(5-7)16(18)19/h3-6H,2H2,1H3,(H,15,17). The van der Waals surface area contributed by atoms with Crippen molar-refractivity contribution in [3.8, 4) is 0 Å². The van der Waals surface area contributed by atoms with Crippen LogP contribution in [0, 0.1) is 15.9 Å². The van der Waals surface area contributed by atoms with E-state index in [1.54, 1.807) is 0 Å². The fraction of sp³-hybridized carbons (Fsp3) is 0.167. The zero-order valence-electron chi connectivity index (χ0n) is 10.4. The lowest BCUT2D eigenvalue weighted by Gasteiger charge is -2.03. The molecule has 1 heterocycles. The summed E-state index contributed by atoms with van der Waals surface area (Å²) in [6, 6.07) is 3.19. The van der Waals surface area contributed by atoms with E-state index in [1.807, 2.05) is 6.92 Å². The monoisotopic (exact) mass is 295 g/mol. The number of carbonyl (C=O) groups excluding carboxylic acids is 1. The smallest absolute Gasteiger partial charge is 0.306 e. The van der Waals surface area contributed by atoms with Crippen LogP contribution >= 0.6 is 11.3 Å². The Balaban J connectivity index is 2.19. The Morgan fingerprint density at radius 2 is 2.30 bits per heavy atom. The first-order valence-corrected chi connectivity index (χ1v) is 6.53. The van der Waals surface area contributed by atoms with Crippen LogP contribution in [-0.2, 0) is 6.42 Å². The van der Waals surface area contributed by atoms with Crippen LogP contribution in [0.1, 0.15) is 21.6 Å². The van der Waals surface area contributed by atoms with Gasteiger partial charge in [-0.2, -0.15) is 4.39 Å². The largest absolute Gasteiger partial charge is 0.321 e. The molecule has 0 aliphatic heterocycles. The van der Waals surface area contributed by atoms with Crippen molar-refractivity contribution in [3.05, 3.63) is 50.2 Å². The molecule has 0 atom stereocenters. The number of halogens is 1. The van der Waals surface area contributed by atoms with Gasteiger partial charge in [-0.15, -0.1) is 11.3 Å². The van der Waals surface area contributed by atoms with E-state index in [2.05, 4.69) is 10.3 Å². The van der Waals surface area contributed by atoms with Gasteiger partial charge in [-0.3, -0.25) is 14.9 Å². The number of thiazole rings is 1. The summed E-state index contributed by atoms with van der Waals surface area (Å²) < 4.78 is 13.2. The normalized spacial score (nSPS) is 10.3. The van der Waals surface area contributed by atoms with E-state index < -0.39 is 22.3 Å². The van der Waals surface area contributed by atoms with Gasteiger partial charge in [0, 0.05) is 11.8 Å². The Hall–Kier alpha value is -2.35. The lowest BCUT2D eigenvalue weighted by atomic mass is 10.2. The van der Waals surface area contributed by atoms with E-state index in [1.165, 1.54) is 23.6 Å². The fourth-order valence-electron chi connectivity index (χ4n) is 1.50. The molecule has 1 aromatic carbocycles. The second kappa shape index (κ2) is 5.74. The molecule has 0 radical (unpaired) electrons. The third-order valence-electron chi connectivity index (χ3n) is 2.48. The van der Waals surface area contributed by atoms with Gasteiger partial charge in [0.15, 0.2) is 0 Å². The maximum Gasteiger partial charge on any atom is 0.306 e. The number of carbonyl (C=O) groups is 1. The minimum Gasteiger partial charge on any atom is -0.321 e. The zero-order chi connectivity index (χ0) is 14.7. The van der Waals surface area contributed by atoms with Crippen LogP contribution in [-0.4, -0.2) is 15.8 Å². The summed E-state index contributed by atoms with van der Waals surface area (Å²) in [4.78, 5) is 26.1. The lowest BCUT2D eigenvalue weighted by Crippen LogP contribution is -2.10. The molecular formula is C12H10FN3O3S. The van der Waals surface area contributed by atoms with Gasteiger partial charge in [-0.25, -0.2) is 4.98 Å². The van der Waals surface area contributed by atoms with Crippen molar-refractivity contribution in [2.75, 3.05) is 5.32 Å². The highest BCUT2D eigenvalue weighted by Crippen LogP contribution is 2.22.